The molecule has 0 N–H and O–H groups in total. The Kier molecular flexibility index (Phi) is 7.18. The van der Waals surface area contributed by atoms with Crippen LogP contribution in [0.2, 0.25) is 0 Å². The Morgan fingerprint density at radius 3 is 1.79 bits per heavy atom. The van der Waals surface area contributed by atoms with Gasteiger partial charge in [0, 0.05) is 27.8 Å². The highest BCUT2D eigenvalue weighted by Crippen LogP contribution is 2.42. The Morgan fingerprint density at radius 1 is 0.308 bits per heavy atom. The highest BCUT2D eigenvalue weighted by atomic mass is 16.3. The summed E-state index contributed by atoms with van der Waals surface area (Å²) in [4.78, 5) is 2.35. The monoisotopic (exact) mass is 663 g/mol. The SMILES string of the molecule is c1ccc(-c2ccc(N(c3ccccc3)c3ccc(-c4ccc5ccc6oc7ccccc7c6c5c4)cc3)cc2-c2ccc3ccccc3c2)cc1. The Labute approximate surface area is 302 Å². The molecule has 2 nitrogen and oxygen atoms in total. The van der Waals surface area contributed by atoms with E-state index in [1.165, 1.54) is 60.3 Å². The zero-order valence-corrected chi connectivity index (χ0v) is 28.4. The Balaban J connectivity index is 1.09. The van der Waals surface area contributed by atoms with Gasteiger partial charge in [-0.2, -0.15) is 0 Å². The van der Waals surface area contributed by atoms with Gasteiger partial charge in [-0.05, 0) is 116 Å². The third kappa shape index (κ3) is 5.21. The zero-order valence-electron chi connectivity index (χ0n) is 28.4. The lowest BCUT2D eigenvalue weighted by molar-refractivity contribution is 0.669. The van der Waals surface area contributed by atoms with Crippen LogP contribution in [0.25, 0.3) is 76.9 Å². The van der Waals surface area contributed by atoms with E-state index in [9.17, 15) is 0 Å². The number of hydrogen-bond acceptors (Lipinski definition) is 2. The van der Waals surface area contributed by atoms with Crippen LogP contribution >= 0.6 is 0 Å². The number of benzene rings is 9. The number of para-hydroxylation sites is 2. The van der Waals surface area contributed by atoms with E-state index in [-0.39, 0.29) is 0 Å². The Morgan fingerprint density at radius 2 is 0.942 bits per heavy atom. The molecule has 52 heavy (non-hydrogen) atoms. The summed E-state index contributed by atoms with van der Waals surface area (Å²) in [6.45, 7) is 0. The summed E-state index contributed by atoms with van der Waals surface area (Å²) in [5, 5.41) is 7.20. The van der Waals surface area contributed by atoms with Crippen LogP contribution in [-0.2, 0) is 0 Å². The first kappa shape index (κ1) is 30.0. The highest BCUT2D eigenvalue weighted by molar-refractivity contribution is 6.19. The van der Waals surface area contributed by atoms with Gasteiger partial charge in [0.05, 0.1) is 0 Å². The second-order valence-electron chi connectivity index (χ2n) is 13.3. The van der Waals surface area contributed by atoms with Crippen LogP contribution in [0.1, 0.15) is 0 Å². The molecular formula is C50H33NO. The number of nitrogens with zero attached hydrogens (tertiary/aromatic N) is 1. The average molecular weight is 664 g/mol. The molecule has 1 heterocycles. The summed E-state index contributed by atoms with van der Waals surface area (Å²) in [7, 11) is 0. The van der Waals surface area contributed by atoms with Crippen molar-refractivity contribution in [2.45, 2.75) is 0 Å². The van der Waals surface area contributed by atoms with Crippen LogP contribution in [-0.4, -0.2) is 0 Å². The number of anilines is 3. The van der Waals surface area contributed by atoms with Gasteiger partial charge in [0.2, 0.25) is 0 Å². The molecule has 9 aromatic carbocycles. The molecule has 0 radical (unpaired) electrons. The predicted octanol–water partition coefficient (Wildman–Crippen LogP) is 14.4. The molecule has 2 heteroatoms. The van der Waals surface area contributed by atoms with Gasteiger partial charge < -0.3 is 9.32 Å². The molecule has 1 aromatic heterocycles. The quantitative estimate of drug-likeness (QED) is 0.176. The number of fused-ring (bicyclic) bond motifs is 6. The maximum absolute atomic E-state index is 6.21. The van der Waals surface area contributed by atoms with Crippen molar-refractivity contribution in [2.75, 3.05) is 4.90 Å². The van der Waals surface area contributed by atoms with E-state index in [1.807, 2.05) is 12.1 Å². The van der Waals surface area contributed by atoms with Crippen molar-refractivity contribution >= 4 is 60.5 Å². The molecule has 0 aliphatic heterocycles. The topological polar surface area (TPSA) is 16.4 Å². The van der Waals surface area contributed by atoms with Gasteiger partial charge >= 0.3 is 0 Å². The van der Waals surface area contributed by atoms with Crippen LogP contribution in [0, 0.1) is 0 Å². The molecule has 10 rings (SSSR count). The van der Waals surface area contributed by atoms with E-state index in [0.29, 0.717) is 0 Å². The van der Waals surface area contributed by atoms with E-state index in [0.717, 1.165) is 33.6 Å². The lowest BCUT2D eigenvalue weighted by Crippen LogP contribution is -2.10. The van der Waals surface area contributed by atoms with Crippen LogP contribution < -0.4 is 4.90 Å². The largest absolute Gasteiger partial charge is 0.456 e. The fraction of sp³-hybridized carbons (Fsp3) is 0. The fourth-order valence-electron chi connectivity index (χ4n) is 7.69. The summed E-state index contributed by atoms with van der Waals surface area (Å²) in [5.41, 5.74) is 12.3. The lowest BCUT2D eigenvalue weighted by Gasteiger charge is -2.27. The molecule has 0 spiro atoms. The van der Waals surface area contributed by atoms with Crippen molar-refractivity contribution in [3.8, 4) is 33.4 Å². The number of furan rings is 1. The van der Waals surface area contributed by atoms with E-state index < -0.39 is 0 Å². The predicted molar refractivity (Wildman–Crippen MR) is 220 cm³/mol. The molecule has 0 saturated carbocycles. The smallest absolute Gasteiger partial charge is 0.136 e. The molecule has 0 aliphatic rings. The maximum Gasteiger partial charge on any atom is 0.136 e. The van der Waals surface area contributed by atoms with Crippen molar-refractivity contribution in [2.24, 2.45) is 0 Å². The van der Waals surface area contributed by atoms with E-state index in [1.54, 1.807) is 0 Å². The second kappa shape index (κ2) is 12.5. The van der Waals surface area contributed by atoms with Crippen LogP contribution in [0.3, 0.4) is 0 Å². The molecule has 0 fully saturated rings. The molecule has 0 aliphatic carbocycles. The molecule has 0 saturated heterocycles. The first-order valence-electron chi connectivity index (χ1n) is 17.8. The third-order valence-corrected chi connectivity index (χ3v) is 10.2. The van der Waals surface area contributed by atoms with E-state index in [4.69, 9.17) is 4.42 Å². The second-order valence-corrected chi connectivity index (χ2v) is 13.3. The first-order chi connectivity index (χ1) is 25.8. The maximum atomic E-state index is 6.21. The minimum atomic E-state index is 0.918. The van der Waals surface area contributed by atoms with Crippen molar-refractivity contribution in [1.82, 2.24) is 0 Å². The van der Waals surface area contributed by atoms with E-state index >= 15 is 0 Å². The summed E-state index contributed by atoms with van der Waals surface area (Å²) in [5.74, 6) is 0. The van der Waals surface area contributed by atoms with Crippen LogP contribution in [0.4, 0.5) is 17.1 Å². The molecule has 0 amide bonds. The minimum absolute atomic E-state index is 0.918. The van der Waals surface area contributed by atoms with Gasteiger partial charge in [-0.25, -0.2) is 0 Å². The Hall–Kier alpha value is -6.90. The molecule has 10 aromatic rings. The fourth-order valence-corrected chi connectivity index (χ4v) is 7.69. The molecular weight excluding hydrogens is 631 g/mol. The third-order valence-electron chi connectivity index (χ3n) is 10.2. The van der Waals surface area contributed by atoms with Crippen molar-refractivity contribution in [3.05, 3.63) is 200 Å². The summed E-state index contributed by atoms with van der Waals surface area (Å²) >= 11 is 0. The van der Waals surface area contributed by atoms with E-state index in [2.05, 4.69) is 193 Å². The van der Waals surface area contributed by atoms with Gasteiger partial charge in [0.25, 0.3) is 0 Å². The van der Waals surface area contributed by atoms with Crippen molar-refractivity contribution in [3.63, 3.8) is 0 Å². The number of hydrogen-bond donors (Lipinski definition) is 0. The molecule has 244 valence electrons. The summed E-state index contributed by atoms with van der Waals surface area (Å²) < 4.78 is 6.21. The number of rotatable bonds is 6. The first-order valence-corrected chi connectivity index (χ1v) is 17.8. The van der Waals surface area contributed by atoms with Gasteiger partial charge in [-0.3, -0.25) is 0 Å². The van der Waals surface area contributed by atoms with Gasteiger partial charge in [-0.1, -0.05) is 140 Å². The Bertz CT molecular complexity index is 2890. The van der Waals surface area contributed by atoms with Gasteiger partial charge in [0.15, 0.2) is 0 Å². The standard InChI is InChI=1S/C50H33NO/c1-3-12-36(13-4-1)44-29-28-43(33-46(44)40-22-19-34-11-7-8-14-38(34)31-40)51(41-15-5-2-6-16-41)42-26-23-35(24-27-42)39-21-20-37-25-30-49-50(47(37)32-39)45-17-9-10-18-48(45)52-49/h1-33H. The minimum Gasteiger partial charge on any atom is -0.456 e. The van der Waals surface area contributed by atoms with Gasteiger partial charge in [0.1, 0.15) is 11.2 Å². The molecule has 0 atom stereocenters. The van der Waals surface area contributed by atoms with Crippen molar-refractivity contribution in [1.29, 1.82) is 0 Å². The summed E-state index contributed by atoms with van der Waals surface area (Å²) in [6, 6.07) is 71.8. The van der Waals surface area contributed by atoms with Crippen LogP contribution in [0.5, 0.6) is 0 Å². The highest BCUT2D eigenvalue weighted by Gasteiger charge is 2.17. The van der Waals surface area contributed by atoms with Crippen molar-refractivity contribution < 1.29 is 4.42 Å². The molecule has 0 bridgehead atoms. The lowest BCUT2D eigenvalue weighted by atomic mass is 9.92. The van der Waals surface area contributed by atoms with Crippen LogP contribution in [0.15, 0.2) is 205 Å². The van der Waals surface area contributed by atoms with Gasteiger partial charge in [-0.15, -0.1) is 0 Å². The zero-order chi connectivity index (χ0) is 34.4. The average Bonchev–Trinajstić information content (AvgIpc) is 3.61. The normalized spacial score (nSPS) is 11.5. The molecule has 0 unspecified atom stereocenters. The summed E-state index contributed by atoms with van der Waals surface area (Å²) in [6.07, 6.45) is 0.